The zero-order valence-corrected chi connectivity index (χ0v) is 8.13. The highest BCUT2D eigenvalue weighted by Crippen LogP contribution is 2.24. The first kappa shape index (κ1) is 11.5. The van der Waals surface area contributed by atoms with Gasteiger partial charge < -0.3 is 14.4 Å². The molecule has 12 heavy (non-hydrogen) atoms. The minimum absolute atomic E-state index is 0.685. The largest absolute Gasteiger partial charge is 0.572 e. The number of rotatable bonds is 5. The molecule has 0 amide bonds. The van der Waals surface area contributed by atoms with Crippen LogP contribution in [0.3, 0.4) is 0 Å². The highest BCUT2D eigenvalue weighted by Gasteiger charge is 2.36. The Kier molecular flexibility index (Phi) is 3.80. The van der Waals surface area contributed by atoms with Gasteiger partial charge in [-0.05, 0) is 27.7 Å². The quantitative estimate of drug-likeness (QED) is 0.384. The summed E-state index contributed by atoms with van der Waals surface area (Å²) in [6.07, 6.45) is 1.25. The van der Waals surface area contributed by atoms with Gasteiger partial charge in [0.25, 0.3) is 0 Å². The lowest BCUT2D eigenvalue weighted by molar-refractivity contribution is -0.0959. The van der Waals surface area contributed by atoms with Gasteiger partial charge in [-0.2, -0.15) is 0 Å². The molecular weight excluding hydrogens is 155 g/mol. The van der Waals surface area contributed by atoms with Crippen LogP contribution in [0.1, 0.15) is 27.7 Å². The Morgan fingerprint density at radius 1 is 1.33 bits per heavy atom. The zero-order chi connectivity index (χ0) is 9.83. The molecule has 0 bridgehead atoms. The van der Waals surface area contributed by atoms with E-state index in [1.807, 2.05) is 0 Å². The first-order valence-electron chi connectivity index (χ1n) is 3.79. The Balaban J connectivity index is 3.95. The van der Waals surface area contributed by atoms with Gasteiger partial charge in [0, 0.05) is 0 Å². The smallest absolute Gasteiger partial charge is 0.544 e. The molecule has 4 heteroatoms. The molecule has 3 nitrogen and oxygen atoms in total. The molecule has 0 rings (SSSR count). The Morgan fingerprint density at radius 3 is 2.17 bits per heavy atom. The van der Waals surface area contributed by atoms with Gasteiger partial charge in [0.15, 0.2) is 0 Å². The molecule has 0 aliphatic rings. The lowest BCUT2D eigenvalue weighted by Gasteiger charge is -2.36. The van der Waals surface area contributed by atoms with Crippen LogP contribution in [0.5, 0.6) is 0 Å². The predicted octanol–water partition coefficient (Wildman–Crippen LogP) is 1.25. The Morgan fingerprint density at radius 2 is 1.83 bits per heavy atom. The van der Waals surface area contributed by atoms with E-state index < -0.39 is 11.2 Å². The summed E-state index contributed by atoms with van der Waals surface area (Å²) in [5, 5.41) is 9.62. The van der Waals surface area contributed by atoms with Gasteiger partial charge in [-0.3, -0.25) is 0 Å². The maximum atomic E-state index is 9.62. The summed E-state index contributed by atoms with van der Waals surface area (Å²) >= 11 is 0. The van der Waals surface area contributed by atoms with Crippen LogP contribution in [0.25, 0.3) is 0 Å². The minimum Gasteiger partial charge on any atom is -0.544 e. The van der Waals surface area contributed by atoms with Crippen molar-refractivity contribution in [1.29, 1.82) is 0 Å². The van der Waals surface area contributed by atoms with Crippen LogP contribution >= 0.6 is 0 Å². The van der Waals surface area contributed by atoms with Crippen LogP contribution in [0.4, 0.5) is 0 Å². The van der Waals surface area contributed by atoms with Crippen LogP contribution in [0.2, 0.25) is 0 Å². The third kappa shape index (κ3) is 3.28. The monoisotopic (exact) mass is 171 g/mol. The fourth-order valence-corrected chi connectivity index (χ4v) is 0.332. The van der Waals surface area contributed by atoms with Crippen LogP contribution in [0.15, 0.2) is 12.8 Å². The lowest BCUT2D eigenvalue weighted by Crippen LogP contribution is -2.48. The molecule has 1 N–H and O–H groups in total. The normalized spacial score (nSPS) is 12.4. The van der Waals surface area contributed by atoms with Gasteiger partial charge in [-0.15, -0.1) is 0 Å². The second kappa shape index (κ2) is 3.96. The fraction of sp³-hybridized carbons (Fsp3) is 0.750. The minimum atomic E-state index is -0.923. The maximum Gasteiger partial charge on any atom is 0.572 e. The summed E-state index contributed by atoms with van der Waals surface area (Å²) in [5.74, 6) is 0. The molecule has 0 saturated carbocycles. The topological polar surface area (TPSA) is 38.7 Å². The van der Waals surface area contributed by atoms with Gasteiger partial charge in [-0.1, -0.05) is 6.58 Å². The predicted molar refractivity (Wildman–Crippen MR) is 48.5 cm³/mol. The van der Waals surface area contributed by atoms with Crippen LogP contribution in [-0.4, -0.2) is 24.0 Å². The van der Waals surface area contributed by atoms with E-state index in [0.717, 1.165) is 7.69 Å². The van der Waals surface area contributed by atoms with E-state index in [4.69, 9.17) is 4.65 Å². The van der Waals surface area contributed by atoms with Gasteiger partial charge in [-0.25, -0.2) is 0 Å². The van der Waals surface area contributed by atoms with Crippen molar-refractivity contribution < 1.29 is 14.4 Å². The van der Waals surface area contributed by atoms with Gasteiger partial charge in [0.2, 0.25) is 0 Å². The molecule has 0 aromatic rings. The highest BCUT2D eigenvalue weighted by molar-refractivity contribution is 6.18. The van der Waals surface area contributed by atoms with Crippen molar-refractivity contribution in [3.05, 3.63) is 12.8 Å². The first-order chi connectivity index (χ1) is 5.31. The molecular formula is C8H16BO3. The van der Waals surface area contributed by atoms with Crippen molar-refractivity contribution in [3.63, 3.8) is 0 Å². The molecule has 0 spiro atoms. The molecule has 0 aromatic heterocycles. The lowest BCUT2D eigenvalue weighted by atomic mass is 9.89. The van der Waals surface area contributed by atoms with Gasteiger partial charge >= 0.3 is 7.69 Å². The fourth-order valence-electron chi connectivity index (χ4n) is 0.332. The summed E-state index contributed by atoms with van der Waals surface area (Å²) in [5.41, 5.74) is -1.61. The molecule has 69 valence electrons. The van der Waals surface area contributed by atoms with E-state index in [-0.39, 0.29) is 0 Å². The molecule has 0 fully saturated rings. The average Bonchev–Trinajstić information content (AvgIpc) is 1.85. The van der Waals surface area contributed by atoms with Crippen molar-refractivity contribution in [1.82, 2.24) is 0 Å². The molecule has 0 saturated heterocycles. The summed E-state index contributed by atoms with van der Waals surface area (Å²) in [6.45, 7) is 10.2. The summed E-state index contributed by atoms with van der Waals surface area (Å²) in [6, 6.07) is 0. The molecule has 0 atom stereocenters. The molecule has 0 unspecified atom stereocenters. The standard InChI is InChI=1S/C8H16BO3/c1-6-11-9-12-8(4,5)7(2,3)10/h6,10H,1H2,2-5H3. The second-order valence-corrected chi connectivity index (χ2v) is 3.59. The first-order valence-corrected chi connectivity index (χ1v) is 3.79. The number of hydrogen-bond acceptors (Lipinski definition) is 3. The molecule has 1 radical (unpaired) electrons. The van der Waals surface area contributed by atoms with E-state index >= 15 is 0 Å². The van der Waals surface area contributed by atoms with E-state index in [2.05, 4.69) is 11.2 Å². The van der Waals surface area contributed by atoms with E-state index in [1.165, 1.54) is 6.26 Å². The summed E-state index contributed by atoms with van der Waals surface area (Å²) in [7, 11) is 1.16. The zero-order valence-electron chi connectivity index (χ0n) is 8.13. The van der Waals surface area contributed by atoms with Gasteiger partial charge in [0.1, 0.15) is 0 Å². The summed E-state index contributed by atoms with van der Waals surface area (Å²) in [4.78, 5) is 0. The van der Waals surface area contributed by atoms with Crippen molar-refractivity contribution >= 4 is 7.69 Å². The van der Waals surface area contributed by atoms with E-state index in [9.17, 15) is 5.11 Å². The third-order valence-electron chi connectivity index (χ3n) is 1.97. The highest BCUT2D eigenvalue weighted by atomic mass is 16.6. The van der Waals surface area contributed by atoms with Gasteiger partial charge in [0.05, 0.1) is 17.5 Å². The van der Waals surface area contributed by atoms with Crippen LogP contribution in [0, 0.1) is 0 Å². The third-order valence-corrected chi connectivity index (χ3v) is 1.97. The van der Waals surface area contributed by atoms with Crippen molar-refractivity contribution in [2.45, 2.75) is 38.9 Å². The molecule has 0 aliphatic carbocycles. The molecule has 0 aliphatic heterocycles. The van der Waals surface area contributed by atoms with Crippen molar-refractivity contribution in [2.24, 2.45) is 0 Å². The van der Waals surface area contributed by atoms with Crippen LogP contribution < -0.4 is 0 Å². The molecule has 0 heterocycles. The summed E-state index contributed by atoms with van der Waals surface area (Å²) < 4.78 is 9.84. The Labute approximate surface area is 74.7 Å². The second-order valence-electron chi connectivity index (χ2n) is 3.59. The Hall–Kier alpha value is -0.475. The van der Waals surface area contributed by atoms with Crippen molar-refractivity contribution in [2.75, 3.05) is 0 Å². The van der Waals surface area contributed by atoms with Crippen LogP contribution in [-0.2, 0) is 9.31 Å². The maximum absolute atomic E-state index is 9.62. The number of hydrogen-bond donors (Lipinski definition) is 1. The molecule has 0 aromatic carbocycles. The SMILES string of the molecule is C=CO[B]OC(C)(C)C(C)(C)O. The number of aliphatic hydroxyl groups is 1. The van der Waals surface area contributed by atoms with Crippen molar-refractivity contribution in [3.8, 4) is 0 Å². The van der Waals surface area contributed by atoms with E-state index in [1.54, 1.807) is 27.7 Å². The van der Waals surface area contributed by atoms with E-state index in [0.29, 0.717) is 0 Å². The Bertz CT molecular complexity index is 149. The average molecular weight is 171 g/mol.